The van der Waals surface area contributed by atoms with E-state index in [1.165, 1.54) is 19.3 Å². The normalized spacial score (nSPS) is 15.2. The maximum atomic E-state index is 12.1. The first-order chi connectivity index (χ1) is 12.3. The van der Waals surface area contributed by atoms with E-state index in [1.807, 2.05) is 34.6 Å². The molecule has 6 nitrogen and oxygen atoms in total. The summed E-state index contributed by atoms with van der Waals surface area (Å²) in [5, 5.41) is 10.2. The first kappa shape index (κ1) is 17.9. The number of hydrogen-bond donors (Lipinski definition) is 2. The van der Waals surface area contributed by atoms with Crippen LogP contribution in [-0.4, -0.2) is 28.1 Å². The van der Waals surface area contributed by atoms with E-state index in [4.69, 9.17) is 4.42 Å². The molecule has 0 aliphatic heterocycles. The molecule has 1 fully saturated rings. The number of furan rings is 1. The minimum Gasteiger partial charge on any atom is -0.468 e. The van der Waals surface area contributed by atoms with Gasteiger partial charge in [-0.05, 0) is 37.1 Å². The van der Waals surface area contributed by atoms with E-state index in [0.717, 1.165) is 42.3 Å². The van der Waals surface area contributed by atoms with Crippen LogP contribution in [0, 0.1) is 0 Å². The van der Waals surface area contributed by atoms with Crippen molar-refractivity contribution in [1.29, 1.82) is 0 Å². The molecule has 0 saturated heterocycles. The van der Waals surface area contributed by atoms with Crippen LogP contribution in [0.15, 0.2) is 35.1 Å². The lowest BCUT2D eigenvalue weighted by atomic mass is 9.96. The zero-order valence-electron chi connectivity index (χ0n) is 14.4. The smallest absolute Gasteiger partial charge is 0.320 e. The Morgan fingerprint density at radius 3 is 3.00 bits per heavy atom. The average Bonchev–Trinajstić information content (AvgIpc) is 3.30. The van der Waals surface area contributed by atoms with Crippen LogP contribution in [0.1, 0.15) is 50.3 Å². The van der Waals surface area contributed by atoms with Crippen molar-refractivity contribution in [2.24, 2.45) is 0 Å². The van der Waals surface area contributed by atoms with Crippen molar-refractivity contribution in [3.05, 3.63) is 36.4 Å². The number of carbonyl (C=O) groups excluding carboxylic acids is 1. The third-order valence-corrected chi connectivity index (χ3v) is 5.47. The molecule has 2 heterocycles. The van der Waals surface area contributed by atoms with Crippen LogP contribution >= 0.6 is 11.8 Å². The fourth-order valence-corrected chi connectivity index (χ4v) is 3.99. The van der Waals surface area contributed by atoms with Crippen molar-refractivity contribution >= 4 is 23.6 Å². The van der Waals surface area contributed by atoms with Gasteiger partial charge in [-0.1, -0.05) is 19.3 Å². The topological polar surface area (TPSA) is 72.1 Å². The van der Waals surface area contributed by atoms with Crippen LogP contribution in [0.2, 0.25) is 0 Å². The van der Waals surface area contributed by atoms with E-state index in [1.54, 1.807) is 12.5 Å². The van der Waals surface area contributed by atoms with Gasteiger partial charge >= 0.3 is 6.03 Å². The van der Waals surface area contributed by atoms with Crippen LogP contribution in [0.3, 0.4) is 0 Å². The predicted molar refractivity (Wildman–Crippen MR) is 101 cm³/mol. The fourth-order valence-electron chi connectivity index (χ4n) is 3.13. The summed E-state index contributed by atoms with van der Waals surface area (Å²) in [7, 11) is 0. The van der Waals surface area contributed by atoms with Gasteiger partial charge in [0.05, 0.1) is 24.3 Å². The van der Waals surface area contributed by atoms with E-state index in [-0.39, 0.29) is 6.03 Å². The maximum absolute atomic E-state index is 12.1. The molecular formula is C18H26N4O2S. The molecule has 25 heavy (non-hydrogen) atoms. The summed E-state index contributed by atoms with van der Waals surface area (Å²) in [6, 6.07) is 6.01. The largest absolute Gasteiger partial charge is 0.468 e. The Balaban J connectivity index is 1.33. The van der Waals surface area contributed by atoms with Crippen LogP contribution in [0.25, 0.3) is 0 Å². The van der Waals surface area contributed by atoms with Crippen molar-refractivity contribution in [3.63, 3.8) is 0 Å². The van der Waals surface area contributed by atoms with Gasteiger partial charge in [0.2, 0.25) is 0 Å². The number of rotatable bonds is 8. The molecule has 0 unspecified atom stereocenters. The zero-order valence-corrected chi connectivity index (χ0v) is 15.3. The van der Waals surface area contributed by atoms with E-state index < -0.39 is 0 Å². The number of carbonyl (C=O) groups is 1. The van der Waals surface area contributed by atoms with E-state index in [2.05, 4.69) is 15.7 Å². The van der Waals surface area contributed by atoms with Gasteiger partial charge in [-0.3, -0.25) is 5.32 Å². The fraction of sp³-hybridized carbons (Fsp3) is 0.556. The molecule has 0 radical (unpaired) electrons. The van der Waals surface area contributed by atoms with E-state index in [0.29, 0.717) is 12.6 Å². The van der Waals surface area contributed by atoms with Crippen molar-refractivity contribution in [2.75, 3.05) is 17.6 Å². The van der Waals surface area contributed by atoms with Crippen LogP contribution in [0.4, 0.5) is 10.6 Å². The minimum atomic E-state index is -0.159. The lowest BCUT2D eigenvalue weighted by Gasteiger charge is -2.23. The van der Waals surface area contributed by atoms with Crippen LogP contribution in [-0.2, 0) is 5.75 Å². The van der Waals surface area contributed by atoms with Gasteiger partial charge in [0.25, 0.3) is 0 Å². The van der Waals surface area contributed by atoms with E-state index >= 15 is 0 Å². The second-order valence-corrected chi connectivity index (χ2v) is 7.42. The number of amides is 2. The summed E-state index contributed by atoms with van der Waals surface area (Å²) in [4.78, 5) is 12.1. The number of urea groups is 1. The molecule has 2 aromatic heterocycles. The molecule has 3 rings (SSSR count). The summed E-state index contributed by atoms with van der Waals surface area (Å²) in [6.45, 7) is 0.661. The minimum absolute atomic E-state index is 0.159. The summed E-state index contributed by atoms with van der Waals surface area (Å²) < 4.78 is 7.26. The Labute approximate surface area is 152 Å². The quantitative estimate of drug-likeness (QED) is 0.682. The summed E-state index contributed by atoms with van der Waals surface area (Å²) >= 11 is 1.81. The third-order valence-electron chi connectivity index (χ3n) is 4.41. The van der Waals surface area contributed by atoms with Gasteiger partial charge in [0, 0.05) is 12.6 Å². The SMILES string of the molecule is O=C(NCCCSCc1ccco1)Nc1ccnn1C1CCCCC1. The molecule has 1 aliphatic carbocycles. The highest BCUT2D eigenvalue weighted by Gasteiger charge is 2.18. The number of anilines is 1. The number of aromatic nitrogens is 2. The molecule has 136 valence electrons. The summed E-state index contributed by atoms with van der Waals surface area (Å²) in [6.07, 6.45) is 10.5. The Morgan fingerprint density at radius 1 is 1.32 bits per heavy atom. The van der Waals surface area contributed by atoms with Crippen molar-refractivity contribution in [2.45, 2.75) is 50.3 Å². The van der Waals surface area contributed by atoms with Crippen molar-refractivity contribution in [3.8, 4) is 0 Å². The lowest BCUT2D eigenvalue weighted by Crippen LogP contribution is -2.31. The average molecular weight is 362 g/mol. The van der Waals surface area contributed by atoms with Gasteiger partial charge in [0.15, 0.2) is 0 Å². The van der Waals surface area contributed by atoms with Gasteiger partial charge in [0.1, 0.15) is 11.6 Å². The highest BCUT2D eigenvalue weighted by molar-refractivity contribution is 7.98. The number of nitrogens with one attached hydrogen (secondary N) is 2. The van der Waals surface area contributed by atoms with Crippen molar-refractivity contribution in [1.82, 2.24) is 15.1 Å². The second kappa shape index (κ2) is 9.56. The van der Waals surface area contributed by atoms with Gasteiger partial charge in [-0.25, -0.2) is 9.48 Å². The lowest BCUT2D eigenvalue weighted by molar-refractivity contribution is 0.251. The molecule has 7 heteroatoms. The monoisotopic (exact) mass is 362 g/mol. The summed E-state index contributed by atoms with van der Waals surface area (Å²) in [5.41, 5.74) is 0. The number of hydrogen-bond acceptors (Lipinski definition) is 4. The maximum Gasteiger partial charge on any atom is 0.320 e. The van der Waals surface area contributed by atoms with Gasteiger partial charge in [-0.2, -0.15) is 16.9 Å². The molecule has 2 aromatic rings. The summed E-state index contributed by atoms with van der Waals surface area (Å²) in [5.74, 6) is 3.64. The third kappa shape index (κ3) is 5.56. The highest BCUT2D eigenvalue weighted by atomic mass is 32.2. The standard InChI is InChI=1S/C18H26N4O2S/c23-18(19-10-5-13-25-14-16-8-4-12-24-16)21-17-9-11-20-22(17)15-6-2-1-3-7-15/h4,8-9,11-12,15H,1-3,5-7,10,13-14H2,(H2,19,21,23). The Hall–Kier alpha value is -1.89. The second-order valence-electron chi connectivity index (χ2n) is 6.32. The Morgan fingerprint density at radius 2 is 2.20 bits per heavy atom. The molecule has 0 bridgehead atoms. The van der Waals surface area contributed by atoms with Gasteiger partial charge in [-0.15, -0.1) is 0 Å². The molecule has 0 spiro atoms. The zero-order chi connectivity index (χ0) is 17.3. The first-order valence-corrected chi connectivity index (χ1v) is 10.2. The Kier molecular flexibility index (Phi) is 6.85. The highest BCUT2D eigenvalue weighted by Crippen LogP contribution is 2.29. The predicted octanol–water partition coefficient (Wildman–Crippen LogP) is 4.43. The number of thioether (sulfide) groups is 1. The Bertz CT molecular complexity index is 635. The molecule has 0 atom stereocenters. The first-order valence-electron chi connectivity index (χ1n) is 9.01. The molecule has 1 aliphatic rings. The number of nitrogens with zero attached hydrogens (tertiary/aromatic N) is 2. The molecule has 2 amide bonds. The molecule has 2 N–H and O–H groups in total. The molecular weight excluding hydrogens is 336 g/mol. The van der Waals surface area contributed by atoms with Crippen molar-refractivity contribution < 1.29 is 9.21 Å². The van der Waals surface area contributed by atoms with E-state index in [9.17, 15) is 4.79 Å². The molecule has 0 aromatic carbocycles. The van der Waals surface area contributed by atoms with Crippen LogP contribution in [0.5, 0.6) is 0 Å². The van der Waals surface area contributed by atoms with Gasteiger partial charge < -0.3 is 9.73 Å². The molecule has 1 saturated carbocycles. The van der Waals surface area contributed by atoms with Crippen LogP contribution < -0.4 is 10.6 Å².